The fraction of sp³-hybridized carbons (Fsp3) is 0.667. The van der Waals surface area contributed by atoms with Gasteiger partial charge in [-0.05, 0) is 25.7 Å². The van der Waals surface area contributed by atoms with Gasteiger partial charge in [0.2, 0.25) is 0 Å². The van der Waals surface area contributed by atoms with E-state index in [2.05, 4.69) is 12.7 Å². The van der Waals surface area contributed by atoms with E-state index >= 15 is 0 Å². The summed E-state index contributed by atoms with van der Waals surface area (Å²) in [4.78, 5) is 11.1. The maximum atomic E-state index is 11.1. The molecule has 0 aliphatic carbocycles. The average molecular weight is 236 g/mol. The number of hydrogen-bond donors (Lipinski definition) is 0. The second kappa shape index (κ2) is 9.03. The molecule has 0 unspecified atom stereocenters. The van der Waals surface area contributed by atoms with Gasteiger partial charge in [0.1, 0.15) is 0 Å². The molecule has 96 valence electrons. The van der Waals surface area contributed by atoms with Crippen LogP contribution in [0, 0.1) is 0 Å². The molecule has 0 atom stereocenters. The lowest BCUT2D eigenvalue weighted by Gasteiger charge is -1.99. The molecular formula is C15H24O2. The van der Waals surface area contributed by atoms with Crippen molar-refractivity contribution in [1.82, 2.24) is 0 Å². The van der Waals surface area contributed by atoms with E-state index < -0.39 is 0 Å². The van der Waals surface area contributed by atoms with E-state index in [1.165, 1.54) is 38.5 Å². The Morgan fingerprint density at radius 3 is 2.29 bits per heavy atom. The first-order chi connectivity index (χ1) is 8.34. The number of carbonyl (C=O) groups is 1. The predicted molar refractivity (Wildman–Crippen MR) is 70.8 cm³/mol. The second-order valence-electron chi connectivity index (χ2n) is 4.60. The van der Waals surface area contributed by atoms with Crippen LogP contribution in [0.3, 0.4) is 0 Å². The molecule has 1 heterocycles. The first-order valence-electron chi connectivity index (χ1n) is 6.81. The highest BCUT2D eigenvalue weighted by Gasteiger charge is 2.17. The van der Waals surface area contributed by atoms with Crippen LogP contribution >= 0.6 is 0 Å². The summed E-state index contributed by atoms with van der Waals surface area (Å²) in [5.74, 6) is -0.102. The SMILES string of the molecule is C=CCCCCCCCC/C=C1/CCOC1=O. The number of allylic oxidation sites excluding steroid dienone is 2. The van der Waals surface area contributed by atoms with Crippen molar-refractivity contribution in [3.63, 3.8) is 0 Å². The normalized spacial score (nSPS) is 17.4. The van der Waals surface area contributed by atoms with Crippen LogP contribution in [0.5, 0.6) is 0 Å². The molecule has 1 fully saturated rings. The Balaban J connectivity index is 1.90. The number of cyclic esters (lactones) is 1. The van der Waals surface area contributed by atoms with Gasteiger partial charge in [-0.2, -0.15) is 0 Å². The van der Waals surface area contributed by atoms with Crippen molar-refractivity contribution in [3.05, 3.63) is 24.3 Å². The Kier molecular flexibility index (Phi) is 7.44. The fourth-order valence-corrected chi connectivity index (χ4v) is 2.05. The highest BCUT2D eigenvalue weighted by molar-refractivity contribution is 5.90. The molecule has 0 aromatic carbocycles. The molecule has 0 bridgehead atoms. The minimum absolute atomic E-state index is 0.102. The van der Waals surface area contributed by atoms with Gasteiger partial charge >= 0.3 is 5.97 Å². The molecule has 1 aliphatic rings. The molecule has 1 aliphatic heterocycles. The average Bonchev–Trinajstić information content (AvgIpc) is 2.73. The van der Waals surface area contributed by atoms with E-state index in [-0.39, 0.29) is 5.97 Å². The summed E-state index contributed by atoms with van der Waals surface area (Å²) in [6.07, 6.45) is 14.7. The molecule has 2 heteroatoms. The first-order valence-corrected chi connectivity index (χ1v) is 6.81. The van der Waals surface area contributed by atoms with Crippen LogP contribution in [0.15, 0.2) is 24.3 Å². The number of ether oxygens (including phenoxy) is 1. The van der Waals surface area contributed by atoms with Crippen molar-refractivity contribution in [1.29, 1.82) is 0 Å². The lowest BCUT2D eigenvalue weighted by atomic mass is 10.1. The maximum Gasteiger partial charge on any atom is 0.333 e. The predicted octanol–water partition coefficient (Wildman–Crippen LogP) is 4.17. The summed E-state index contributed by atoms with van der Waals surface area (Å²) in [5, 5.41) is 0. The summed E-state index contributed by atoms with van der Waals surface area (Å²) >= 11 is 0. The summed E-state index contributed by atoms with van der Waals surface area (Å²) in [7, 11) is 0. The van der Waals surface area contributed by atoms with E-state index in [4.69, 9.17) is 4.74 Å². The van der Waals surface area contributed by atoms with Crippen molar-refractivity contribution >= 4 is 5.97 Å². The zero-order valence-electron chi connectivity index (χ0n) is 10.7. The van der Waals surface area contributed by atoms with Gasteiger partial charge in [-0.15, -0.1) is 6.58 Å². The smallest absolute Gasteiger partial charge is 0.333 e. The molecule has 1 saturated heterocycles. The molecule has 0 spiro atoms. The van der Waals surface area contributed by atoms with Gasteiger partial charge in [-0.1, -0.05) is 37.8 Å². The summed E-state index contributed by atoms with van der Waals surface area (Å²) in [6, 6.07) is 0. The second-order valence-corrected chi connectivity index (χ2v) is 4.60. The largest absolute Gasteiger partial charge is 0.462 e. The Hall–Kier alpha value is -1.05. The third-order valence-corrected chi connectivity index (χ3v) is 3.12. The molecule has 0 N–H and O–H groups in total. The molecule has 0 amide bonds. The highest BCUT2D eigenvalue weighted by atomic mass is 16.5. The van der Waals surface area contributed by atoms with Crippen LogP contribution in [-0.4, -0.2) is 12.6 Å². The molecule has 17 heavy (non-hydrogen) atoms. The van der Waals surface area contributed by atoms with E-state index in [1.54, 1.807) is 0 Å². The fourth-order valence-electron chi connectivity index (χ4n) is 2.05. The minimum atomic E-state index is -0.102. The molecule has 0 aromatic rings. The molecule has 1 rings (SSSR count). The molecule has 0 radical (unpaired) electrons. The lowest BCUT2D eigenvalue weighted by Crippen LogP contribution is -1.94. The van der Waals surface area contributed by atoms with E-state index in [9.17, 15) is 4.79 Å². The quantitative estimate of drug-likeness (QED) is 0.260. The van der Waals surface area contributed by atoms with Gasteiger partial charge in [0.15, 0.2) is 0 Å². The van der Waals surface area contributed by atoms with Crippen molar-refractivity contribution in [2.75, 3.05) is 6.61 Å². The molecule has 0 saturated carbocycles. The third-order valence-electron chi connectivity index (χ3n) is 3.12. The van der Waals surface area contributed by atoms with Crippen molar-refractivity contribution < 1.29 is 9.53 Å². The van der Waals surface area contributed by atoms with E-state index in [0.29, 0.717) is 6.61 Å². The summed E-state index contributed by atoms with van der Waals surface area (Å²) < 4.78 is 4.88. The third kappa shape index (κ3) is 6.30. The zero-order valence-corrected chi connectivity index (χ0v) is 10.7. The van der Waals surface area contributed by atoms with E-state index in [1.807, 2.05) is 6.08 Å². The Bertz CT molecular complexity index is 266. The van der Waals surface area contributed by atoms with Crippen LogP contribution < -0.4 is 0 Å². The molecular weight excluding hydrogens is 212 g/mol. The van der Waals surface area contributed by atoms with Crippen LogP contribution in [0.4, 0.5) is 0 Å². The number of carbonyl (C=O) groups excluding carboxylic acids is 1. The lowest BCUT2D eigenvalue weighted by molar-refractivity contribution is -0.135. The van der Waals surface area contributed by atoms with Gasteiger partial charge in [0.05, 0.1) is 6.61 Å². The van der Waals surface area contributed by atoms with Gasteiger partial charge in [-0.3, -0.25) is 0 Å². The van der Waals surface area contributed by atoms with Gasteiger partial charge in [0, 0.05) is 12.0 Å². The van der Waals surface area contributed by atoms with E-state index in [0.717, 1.165) is 24.8 Å². The van der Waals surface area contributed by atoms with Crippen LogP contribution in [0.1, 0.15) is 57.8 Å². The Morgan fingerprint density at radius 2 is 1.71 bits per heavy atom. The summed E-state index contributed by atoms with van der Waals surface area (Å²) in [6.45, 7) is 4.30. The van der Waals surface area contributed by atoms with Crippen molar-refractivity contribution in [3.8, 4) is 0 Å². The molecule has 2 nitrogen and oxygen atoms in total. The zero-order chi connectivity index (χ0) is 12.3. The number of esters is 1. The van der Waals surface area contributed by atoms with Crippen LogP contribution in [0.25, 0.3) is 0 Å². The van der Waals surface area contributed by atoms with Crippen LogP contribution in [0.2, 0.25) is 0 Å². The van der Waals surface area contributed by atoms with Crippen molar-refractivity contribution in [2.45, 2.75) is 57.8 Å². The van der Waals surface area contributed by atoms with Crippen LogP contribution in [-0.2, 0) is 9.53 Å². The number of rotatable bonds is 9. The highest BCUT2D eigenvalue weighted by Crippen LogP contribution is 2.15. The van der Waals surface area contributed by atoms with Gasteiger partial charge in [0.25, 0.3) is 0 Å². The van der Waals surface area contributed by atoms with Gasteiger partial charge < -0.3 is 4.74 Å². The monoisotopic (exact) mass is 236 g/mol. The first kappa shape index (κ1) is 14.0. The molecule has 0 aromatic heterocycles. The summed E-state index contributed by atoms with van der Waals surface area (Å²) in [5.41, 5.74) is 0.885. The van der Waals surface area contributed by atoms with Gasteiger partial charge in [-0.25, -0.2) is 4.79 Å². The standard InChI is InChI=1S/C15H24O2/c1-2-3-4-5-6-7-8-9-10-11-14-12-13-17-15(14)16/h2,11H,1,3-10,12-13H2/b14-11-. The maximum absolute atomic E-state index is 11.1. The van der Waals surface area contributed by atoms with Crippen molar-refractivity contribution in [2.24, 2.45) is 0 Å². The Labute approximate surface area is 105 Å². The topological polar surface area (TPSA) is 26.3 Å². The number of hydrogen-bond acceptors (Lipinski definition) is 2. The Morgan fingerprint density at radius 1 is 1.06 bits per heavy atom. The number of unbranched alkanes of at least 4 members (excludes halogenated alkanes) is 7. The minimum Gasteiger partial charge on any atom is -0.462 e.